The molecule has 1 amide bonds. The van der Waals surface area contributed by atoms with Gasteiger partial charge in [0, 0.05) is 25.9 Å². The number of ether oxygens (including phenoxy) is 1. The summed E-state index contributed by atoms with van der Waals surface area (Å²) in [6.45, 7) is 0.430. The van der Waals surface area contributed by atoms with Crippen LogP contribution in [0.4, 0.5) is 0 Å². The molecule has 0 atom stereocenters. The quantitative estimate of drug-likeness (QED) is 0.586. The number of aromatic nitrogens is 2. The molecule has 0 aromatic carbocycles. The summed E-state index contributed by atoms with van der Waals surface area (Å²) < 4.78 is 5.56. The second-order valence-electron chi connectivity index (χ2n) is 3.05. The minimum Gasteiger partial charge on any atom is -0.383 e. The van der Waals surface area contributed by atoms with Crippen molar-refractivity contribution in [2.45, 2.75) is 6.54 Å². The van der Waals surface area contributed by atoms with Crippen LogP contribution in [0.3, 0.4) is 0 Å². The first-order chi connectivity index (χ1) is 7.65. The van der Waals surface area contributed by atoms with Crippen molar-refractivity contribution in [1.82, 2.24) is 14.9 Å². The molecule has 0 spiro atoms. The summed E-state index contributed by atoms with van der Waals surface area (Å²) in [5.41, 5.74) is -1.11. The van der Waals surface area contributed by atoms with Crippen molar-refractivity contribution in [2.24, 2.45) is 0 Å². The highest BCUT2D eigenvalue weighted by molar-refractivity contribution is 5.75. The van der Waals surface area contributed by atoms with E-state index in [2.05, 4.69) is 10.3 Å². The summed E-state index contributed by atoms with van der Waals surface area (Å²) in [5, 5.41) is 2.51. The molecule has 7 heteroatoms. The summed E-state index contributed by atoms with van der Waals surface area (Å²) in [6.07, 6.45) is 1.24. The molecule has 0 fully saturated rings. The van der Waals surface area contributed by atoms with Gasteiger partial charge in [0.25, 0.3) is 5.56 Å². The van der Waals surface area contributed by atoms with Crippen molar-refractivity contribution in [1.29, 1.82) is 0 Å². The second-order valence-corrected chi connectivity index (χ2v) is 3.05. The highest BCUT2D eigenvalue weighted by Gasteiger charge is 2.06. The molecule has 88 valence electrons. The van der Waals surface area contributed by atoms with E-state index in [1.165, 1.54) is 19.4 Å². The van der Waals surface area contributed by atoms with Gasteiger partial charge in [0.2, 0.25) is 5.91 Å². The lowest BCUT2D eigenvalue weighted by Gasteiger charge is -2.05. The Morgan fingerprint density at radius 1 is 1.56 bits per heavy atom. The largest absolute Gasteiger partial charge is 0.383 e. The van der Waals surface area contributed by atoms with Gasteiger partial charge < -0.3 is 15.0 Å². The molecule has 7 nitrogen and oxygen atoms in total. The van der Waals surface area contributed by atoms with Crippen molar-refractivity contribution >= 4 is 5.91 Å². The van der Waals surface area contributed by atoms with E-state index < -0.39 is 17.2 Å². The lowest BCUT2D eigenvalue weighted by Crippen LogP contribution is -2.40. The van der Waals surface area contributed by atoms with Gasteiger partial charge in [0.15, 0.2) is 0 Å². The number of amides is 1. The van der Waals surface area contributed by atoms with Crippen LogP contribution in [0.1, 0.15) is 0 Å². The number of aromatic amines is 1. The van der Waals surface area contributed by atoms with Gasteiger partial charge in [-0.15, -0.1) is 0 Å². The zero-order valence-electron chi connectivity index (χ0n) is 8.86. The molecule has 0 aliphatic heterocycles. The molecule has 16 heavy (non-hydrogen) atoms. The van der Waals surface area contributed by atoms with Crippen LogP contribution in [0, 0.1) is 0 Å². The summed E-state index contributed by atoms with van der Waals surface area (Å²) >= 11 is 0. The number of carbonyl (C=O) groups is 1. The van der Waals surface area contributed by atoms with E-state index in [1.807, 2.05) is 0 Å². The standard InChI is InChI=1S/C9H13N3O4/c1-16-5-4-10-7(13)6-12-8(14)2-3-11-9(12)15/h2-3H,4-6H2,1H3,(H,10,13)(H,11,15). The van der Waals surface area contributed by atoms with E-state index in [-0.39, 0.29) is 6.54 Å². The number of carbonyl (C=O) groups excluding carboxylic acids is 1. The minimum absolute atomic E-state index is 0.293. The maximum Gasteiger partial charge on any atom is 0.328 e. The average molecular weight is 227 g/mol. The van der Waals surface area contributed by atoms with Gasteiger partial charge in [-0.05, 0) is 0 Å². The van der Waals surface area contributed by atoms with E-state index in [9.17, 15) is 14.4 Å². The number of nitrogens with zero attached hydrogens (tertiary/aromatic N) is 1. The van der Waals surface area contributed by atoms with Crippen molar-refractivity contribution in [2.75, 3.05) is 20.3 Å². The second kappa shape index (κ2) is 5.86. The van der Waals surface area contributed by atoms with E-state index >= 15 is 0 Å². The van der Waals surface area contributed by atoms with Gasteiger partial charge >= 0.3 is 5.69 Å². The average Bonchev–Trinajstić information content (AvgIpc) is 2.24. The Bertz CT molecular complexity index is 434. The summed E-state index contributed by atoms with van der Waals surface area (Å²) in [7, 11) is 1.51. The molecule has 0 saturated heterocycles. The monoisotopic (exact) mass is 227 g/mol. The zero-order chi connectivity index (χ0) is 12.0. The SMILES string of the molecule is COCCNC(=O)Cn1c(=O)cc[nH]c1=O. The molecule has 0 bridgehead atoms. The van der Waals surface area contributed by atoms with Crippen molar-refractivity contribution < 1.29 is 9.53 Å². The fourth-order valence-electron chi connectivity index (χ4n) is 1.09. The molecule has 1 aromatic heterocycles. The molecular weight excluding hydrogens is 214 g/mol. The van der Waals surface area contributed by atoms with E-state index in [1.54, 1.807) is 0 Å². The van der Waals surface area contributed by atoms with E-state index in [0.29, 0.717) is 13.2 Å². The first-order valence-corrected chi connectivity index (χ1v) is 4.69. The van der Waals surface area contributed by atoms with Crippen LogP contribution in [0.25, 0.3) is 0 Å². The van der Waals surface area contributed by atoms with Crippen molar-refractivity contribution in [3.8, 4) is 0 Å². The Balaban J connectivity index is 2.63. The number of methoxy groups -OCH3 is 1. The van der Waals surface area contributed by atoms with Crippen LogP contribution in [-0.2, 0) is 16.1 Å². The molecule has 0 saturated carbocycles. The van der Waals surface area contributed by atoms with Crippen LogP contribution >= 0.6 is 0 Å². The van der Waals surface area contributed by atoms with Crippen LogP contribution in [0.2, 0.25) is 0 Å². The topological polar surface area (TPSA) is 93.2 Å². The Hall–Kier alpha value is -1.89. The van der Waals surface area contributed by atoms with E-state index in [4.69, 9.17) is 4.74 Å². The molecule has 2 N–H and O–H groups in total. The molecule has 0 aliphatic carbocycles. The molecule has 1 heterocycles. The normalized spacial score (nSPS) is 10.1. The fraction of sp³-hybridized carbons (Fsp3) is 0.444. The minimum atomic E-state index is -0.602. The Labute approximate surface area is 91.1 Å². The summed E-state index contributed by atoms with van der Waals surface area (Å²) in [5.74, 6) is -0.407. The molecule has 1 aromatic rings. The molecule has 0 unspecified atom stereocenters. The maximum atomic E-state index is 11.3. The maximum absolute atomic E-state index is 11.3. The zero-order valence-corrected chi connectivity index (χ0v) is 8.86. The lowest BCUT2D eigenvalue weighted by atomic mass is 10.5. The number of H-pyrrole nitrogens is 1. The molecule has 0 aliphatic rings. The van der Waals surface area contributed by atoms with Crippen molar-refractivity contribution in [3.05, 3.63) is 33.1 Å². The summed E-state index contributed by atoms with van der Waals surface area (Å²) in [6, 6.07) is 1.18. The van der Waals surface area contributed by atoms with E-state index in [0.717, 1.165) is 4.57 Å². The summed E-state index contributed by atoms with van der Waals surface area (Å²) in [4.78, 5) is 36.1. The molecule has 0 radical (unpaired) electrons. The Morgan fingerprint density at radius 3 is 2.94 bits per heavy atom. The number of rotatable bonds is 5. The highest BCUT2D eigenvalue weighted by atomic mass is 16.5. The fourth-order valence-corrected chi connectivity index (χ4v) is 1.09. The predicted molar refractivity (Wildman–Crippen MR) is 56.2 cm³/mol. The Morgan fingerprint density at radius 2 is 2.31 bits per heavy atom. The number of nitrogens with one attached hydrogen (secondary N) is 2. The van der Waals surface area contributed by atoms with Gasteiger partial charge in [-0.1, -0.05) is 0 Å². The predicted octanol–water partition coefficient (Wildman–Crippen LogP) is -1.70. The third kappa shape index (κ3) is 3.35. The van der Waals surface area contributed by atoms with Gasteiger partial charge in [-0.3, -0.25) is 14.2 Å². The van der Waals surface area contributed by atoms with Gasteiger partial charge in [0.1, 0.15) is 6.54 Å². The van der Waals surface area contributed by atoms with Gasteiger partial charge in [-0.25, -0.2) is 4.79 Å². The third-order valence-electron chi connectivity index (χ3n) is 1.87. The van der Waals surface area contributed by atoms with Crippen LogP contribution < -0.4 is 16.6 Å². The van der Waals surface area contributed by atoms with Crippen LogP contribution in [0.15, 0.2) is 21.9 Å². The van der Waals surface area contributed by atoms with Crippen molar-refractivity contribution in [3.63, 3.8) is 0 Å². The van der Waals surface area contributed by atoms with Crippen LogP contribution in [0.5, 0.6) is 0 Å². The molecule has 1 rings (SSSR count). The Kier molecular flexibility index (Phi) is 4.46. The number of hydrogen-bond donors (Lipinski definition) is 2. The molecular formula is C9H13N3O4. The first kappa shape index (κ1) is 12.2. The first-order valence-electron chi connectivity index (χ1n) is 4.69. The lowest BCUT2D eigenvalue weighted by molar-refractivity contribution is -0.121. The smallest absolute Gasteiger partial charge is 0.328 e. The van der Waals surface area contributed by atoms with Crippen LogP contribution in [-0.4, -0.2) is 35.7 Å². The van der Waals surface area contributed by atoms with Gasteiger partial charge in [0.05, 0.1) is 6.61 Å². The third-order valence-corrected chi connectivity index (χ3v) is 1.87. The highest BCUT2D eigenvalue weighted by Crippen LogP contribution is 1.74. The van der Waals surface area contributed by atoms with Gasteiger partial charge in [-0.2, -0.15) is 0 Å². The number of hydrogen-bond acceptors (Lipinski definition) is 4.